The Balaban J connectivity index is 1.92. The Morgan fingerprint density at radius 2 is 1.93 bits per heavy atom. The van der Waals surface area contributed by atoms with Crippen molar-refractivity contribution in [3.63, 3.8) is 0 Å². The number of hydrogen-bond acceptors (Lipinski definition) is 2. The first-order chi connectivity index (χ1) is 7.02. The molecule has 2 aliphatic heterocycles. The standard InChI is InChI=1S/C12H22N2O/c1-10(2)13-6-4-5-12(7-13)8-14(9-12)11(3)15/h10H,4-9H2,1-3H3. The molecule has 2 heterocycles. The van der Waals surface area contributed by atoms with Crippen molar-refractivity contribution < 1.29 is 4.79 Å². The third-order valence-corrected chi connectivity index (χ3v) is 3.92. The number of rotatable bonds is 1. The molecule has 0 aromatic carbocycles. The van der Waals surface area contributed by atoms with Crippen molar-refractivity contribution in [1.82, 2.24) is 9.80 Å². The van der Waals surface area contributed by atoms with Gasteiger partial charge in [0.25, 0.3) is 0 Å². The average molecular weight is 210 g/mol. The van der Waals surface area contributed by atoms with Gasteiger partial charge in [-0.3, -0.25) is 4.79 Å². The van der Waals surface area contributed by atoms with Crippen LogP contribution in [-0.4, -0.2) is 47.9 Å². The Hall–Kier alpha value is -0.570. The first-order valence-corrected chi connectivity index (χ1v) is 6.02. The van der Waals surface area contributed by atoms with Gasteiger partial charge in [-0.25, -0.2) is 0 Å². The van der Waals surface area contributed by atoms with Crippen molar-refractivity contribution in [1.29, 1.82) is 0 Å². The summed E-state index contributed by atoms with van der Waals surface area (Å²) in [6.45, 7) is 10.6. The number of carbonyl (C=O) groups excluding carboxylic acids is 1. The molecule has 0 atom stereocenters. The second-order valence-corrected chi connectivity index (χ2v) is 5.54. The summed E-state index contributed by atoms with van der Waals surface area (Å²) >= 11 is 0. The summed E-state index contributed by atoms with van der Waals surface area (Å²) in [7, 11) is 0. The van der Waals surface area contributed by atoms with E-state index in [0.717, 1.165) is 13.1 Å². The van der Waals surface area contributed by atoms with Crippen LogP contribution >= 0.6 is 0 Å². The molecule has 0 N–H and O–H groups in total. The van der Waals surface area contributed by atoms with E-state index in [1.54, 1.807) is 6.92 Å². The SMILES string of the molecule is CC(=O)N1CC2(CCCN(C(C)C)C2)C1. The monoisotopic (exact) mass is 210 g/mol. The molecule has 0 radical (unpaired) electrons. The zero-order chi connectivity index (χ0) is 11.1. The van der Waals surface area contributed by atoms with Crippen LogP contribution in [0.25, 0.3) is 0 Å². The maximum Gasteiger partial charge on any atom is 0.219 e. The smallest absolute Gasteiger partial charge is 0.219 e. The summed E-state index contributed by atoms with van der Waals surface area (Å²) in [6.07, 6.45) is 2.60. The van der Waals surface area contributed by atoms with Crippen LogP contribution in [0.1, 0.15) is 33.6 Å². The molecule has 3 nitrogen and oxygen atoms in total. The van der Waals surface area contributed by atoms with Crippen LogP contribution in [0.3, 0.4) is 0 Å². The second kappa shape index (κ2) is 3.78. The predicted octanol–water partition coefficient (Wildman–Crippen LogP) is 1.34. The summed E-state index contributed by atoms with van der Waals surface area (Å²) in [4.78, 5) is 15.7. The van der Waals surface area contributed by atoms with Gasteiger partial charge >= 0.3 is 0 Å². The zero-order valence-corrected chi connectivity index (χ0v) is 10.1. The molecule has 3 heteroatoms. The van der Waals surface area contributed by atoms with E-state index in [2.05, 4.69) is 18.7 Å². The van der Waals surface area contributed by atoms with Crippen molar-refractivity contribution in [2.45, 2.75) is 39.7 Å². The molecule has 0 aliphatic carbocycles. The van der Waals surface area contributed by atoms with Gasteiger partial charge in [-0.05, 0) is 33.2 Å². The Labute approximate surface area is 92.4 Å². The van der Waals surface area contributed by atoms with E-state index < -0.39 is 0 Å². The van der Waals surface area contributed by atoms with Gasteiger partial charge in [-0.1, -0.05) is 0 Å². The molecule has 0 saturated carbocycles. The van der Waals surface area contributed by atoms with E-state index in [9.17, 15) is 4.79 Å². The number of likely N-dealkylation sites (tertiary alicyclic amines) is 2. The molecule has 1 amide bonds. The van der Waals surface area contributed by atoms with Crippen LogP contribution in [0.4, 0.5) is 0 Å². The van der Waals surface area contributed by atoms with Crippen molar-refractivity contribution in [3.05, 3.63) is 0 Å². The van der Waals surface area contributed by atoms with Gasteiger partial charge in [0, 0.05) is 38.0 Å². The molecule has 2 rings (SSSR count). The number of piperidine rings is 1. The minimum absolute atomic E-state index is 0.238. The van der Waals surface area contributed by atoms with E-state index in [0.29, 0.717) is 11.5 Å². The quantitative estimate of drug-likeness (QED) is 0.652. The van der Waals surface area contributed by atoms with Gasteiger partial charge in [0.2, 0.25) is 5.91 Å². The minimum atomic E-state index is 0.238. The maximum absolute atomic E-state index is 11.2. The summed E-state index contributed by atoms with van der Waals surface area (Å²) in [6, 6.07) is 0.647. The summed E-state index contributed by atoms with van der Waals surface area (Å²) in [5, 5.41) is 0. The maximum atomic E-state index is 11.2. The molecule has 2 aliphatic rings. The first kappa shape index (κ1) is 10.9. The van der Waals surface area contributed by atoms with Crippen molar-refractivity contribution in [2.75, 3.05) is 26.2 Å². The van der Waals surface area contributed by atoms with Crippen LogP contribution in [0, 0.1) is 5.41 Å². The Kier molecular flexibility index (Phi) is 2.75. The van der Waals surface area contributed by atoms with Gasteiger partial charge in [0.15, 0.2) is 0 Å². The van der Waals surface area contributed by atoms with Crippen molar-refractivity contribution >= 4 is 5.91 Å². The largest absolute Gasteiger partial charge is 0.342 e. The fraction of sp³-hybridized carbons (Fsp3) is 0.917. The second-order valence-electron chi connectivity index (χ2n) is 5.54. The highest BCUT2D eigenvalue weighted by molar-refractivity contribution is 5.74. The average Bonchev–Trinajstić information content (AvgIpc) is 2.13. The van der Waals surface area contributed by atoms with Gasteiger partial charge in [0.05, 0.1) is 0 Å². The van der Waals surface area contributed by atoms with Gasteiger partial charge in [-0.15, -0.1) is 0 Å². The molecule has 0 aromatic rings. The van der Waals surface area contributed by atoms with Crippen LogP contribution < -0.4 is 0 Å². The van der Waals surface area contributed by atoms with E-state index in [4.69, 9.17) is 0 Å². The van der Waals surface area contributed by atoms with Crippen LogP contribution in [0.2, 0.25) is 0 Å². The van der Waals surface area contributed by atoms with E-state index in [1.807, 2.05) is 4.90 Å². The normalized spacial score (nSPS) is 25.7. The highest BCUT2D eigenvalue weighted by Crippen LogP contribution is 2.39. The molecule has 0 aromatic heterocycles. The molecule has 86 valence electrons. The van der Waals surface area contributed by atoms with Crippen molar-refractivity contribution in [3.8, 4) is 0 Å². The summed E-state index contributed by atoms with van der Waals surface area (Å²) in [5.74, 6) is 0.238. The number of hydrogen-bond donors (Lipinski definition) is 0. The third kappa shape index (κ3) is 2.03. The number of amides is 1. The first-order valence-electron chi connectivity index (χ1n) is 6.02. The number of carbonyl (C=O) groups is 1. The molecule has 1 spiro atoms. The Bertz CT molecular complexity index is 256. The molecular formula is C12H22N2O. The van der Waals surface area contributed by atoms with Crippen LogP contribution in [-0.2, 0) is 4.79 Å². The topological polar surface area (TPSA) is 23.6 Å². The van der Waals surface area contributed by atoms with Gasteiger partial charge < -0.3 is 9.80 Å². The minimum Gasteiger partial charge on any atom is -0.342 e. The molecule has 0 unspecified atom stereocenters. The summed E-state index contributed by atoms with van der Waals surface area (Å²) in [5.41, 5.74) is 0.439. The van der Waals surface area contributed by atoms with Gasteiger partial charge in [-0.2, -0.15) is 0 Å². The van der Waals surface area contributed by atoms with E-state index >= 15 is 0 Å². The fourth-order valence-corrected chi connectivity index (χ4v) is 2.93. The highest BCUT2D eigenvalue weighted by atomic mass is 16.2. The number of nitrogens with zero attached hydrogens (tertiary/aromatic N) is 2. The molecule has 0 bridgehead atoms. The van der Waals surface area contributed by atoms with Crippen LogP contribution in [0.5, 0.6) is 0 Å². The van der Waals surface area contributed by atoms with Crippen LogP contribution in [0.15, 0.2) is 0 Å². The zero-order valence-electron chi connectivity index (χ0n) is 10.1. The highest BCUT2D eigenvalue weighted by Gasteiger charge is 2.46. The van der Waals surface area contributed by atoms with E-state index in [-0.39, 0.29) is 5.91 Å². The molecular weight excluding hydrogens is 188 g/mol. The Morgan fingerprint density at radius 3 is 2.47 bits per heavy atom. The lowest BCUT2D eigenvalue weighted by molar-refractivity contribution is -0.145. The third-order valence-electron chi connectivity index (χ3n) is 3.92. The van der Waals surface area contributed by atoms with Gasteiger partial charge in [0.1, 0.15) is 0 Å². The molecule has 15 heavy (non-hydrogen) atoms. The summed E-state index contributed by atoms with van der Waals surface area (Å²) < 4.78 is 0. The molecule has 2 saturated heterocycles. The molecule has 2 fully saturated rings. The lowest BCUT2D eigenvalue weighted by Crippen LogP contribution is -2.64. The predicted molar refractivity (Wildman–Crippen MR) is 60.6 cm³/mol. The van der Waals surface area contributed by atoms with Crippen molar-refractivity contribution in [2.24, 2.45) is 5.41 Å². The Morgan fingerprint density at radius 1 is 1.27 bits per heavy atom. The fourth-order valence-electron chi connectivity index (χ4n) is 2.93. The lowest BCUT2D eigenvalue weighted by atomic mass is 9.73. The lowest BCUT2D eigenvalue weighted by Gasteiger charge is -2.55. The van der Waals surface area contributed by atoms with E-state index in [1.165, 1.54) is 25.9 Å².